The van der Waals surface area contributed by atoms with Crippen LogP contribution in [0.15, 0.2) is 48.4 Å². The molecule has 4 nitrogen and oxygen atoms in total. The highest BCUT2D eigenvalue weighted by atomic mass is 35.5. The zero-order valence-corrected chi connectivity index (χ0v) is 12.7. The summed E-state index contributed by atoms with van der Waals surface area (Å²) in [7, 11) is 1.75. The van der Waals surface area contributed by atoms with Gasteiger partial charge in [-0.1, -0.05) is 23.7 Å². The van der Waals surface area contributed by atoms with Gasteiger partial charge in [0.2, 0.25) is 5.91 Å². The number of hydrogen-bond donors (Lipinski definition) is 0. The summed E-state index contributed by atoms with van der Waals surface area (Å²) in [6, 6.07) is 7.35. The molecule has 0 bridgehead atoms. The average Bonchev–Trinajstić information content (AvgIpc) is 2.49. The molecular formula is C16H16ClN3O. The highest BCUT2D eigenvalue weighted by molar-refractivity contribution is 6.30. The van der Waals surface area contributed by atoms with Crippen molar-refractivity contribution in [2.45, 2.75) is 13.5 Å². The largest absolute Gasteiger partial charge is 0.336 e. The molecule has 0 radical (unpaired) electrons. The lowest BCUT2D eigenvalue weighted by Crippen LogP contribution is -2.27. The quantitative estimate of drug-likeness (QED) is 0.815. The van der Waals surface area contributed by atoms with Gasteiger partial charge in [0.15, 0.2) is 0 Å². The summed E-state index contributed by atoms with van der Waals surface area (Å²) < 4.78 is 0. The molecule has 0 aliphatic carbocycles. The topological polar surface area (TPSA) is 46.1 Å². The van der Waals surface area contributed by atoms with Crippen LogP contribution < -0.4 is 0 Å². The van der Waals surface area contributed by atoms with Crippen LogP contribution >= 0.6 is 11.6 Å². The minimum absolute atomic E-state index is 0.0457. The molecule has 0 fully saturated rings. The Balaban J connectivity index is 2.06. The highest BCUT2D eigenvalue weighted by Crippen LogP contribution is 2.13. The first-order chi connectivity index (χ1) is 10.1. The molecule has 0 saturated carbocycles. The number of benzene rings is 1. The lowest BCUT2D eigenvalue weighted by Gasteiger charge is -2.16. The maximum Gasteiger partial charge on any atom is 0.249 e. The van der Waals surface area contributed by atoms with Crippen LogP contribution in [0.25, 0.3) is 6.08 Å². The van der Waals surface area contributed by atoms with Crippen molar-refractivity contribution in [1.29, 1.82) is 0 Å². The SMILES string of the molecule is CC(=Cc1ccc(Cl)cc1)C(=O)N(C)Cc1cnccn1. The number of aromatic nitrogens is 2. The predicted octanol–water partition coefficient (Wildman–Crippen LogP) is 3.19. The molecule has 108 valence electrons. The van der Waals surface area contributed by atoms with E-state index in [1.54, 1.807) is 49.6 Å². The molecule has 0 spiro atoms. The van der Waals surface area contributed by atoms with Crippen molar-refractivity contribution in [3.05, 3.63) is 64.7 Å². The number of nitrogens with zero attached hydrogens (tertiary/aromatic N) is 3. The maximum absolute atomic E-state index is 12.3. The first-order valence-electron chi connectivity index (χ1n) is 6.50. The van der Waals surface area contributed by atoms with Crippen LogP contribution in [0.3, 0.4) is 0 Å². The molecule has 21 heavy (non-hydrogen) atoms. The Labute approximate surface area is 129 Å². The molecule has 0 atom stereocenters. The van der Waals surface area contributed by atoms with Crippen molar-refractivity contribution in [1.82, 2.24) is 14.9 Å². The molecule has 0 unspecified atom stereocenters. The van der Waals surface area contributed by atoms with Crippen molar-refractivity contribution in [3.8, 4) is 0 Å². The van der Waals surface area contributed by atoms with Crippen LogP contribution in [-0.2, 0) is 11.3 Å². The van der Waals surface area contributed by atoms with Crippen molar-refractivity contribution in [3.63, 3.8) is 0 Å². The highest BCUT2D eigenvalue weighted by Gasteiger charge is 2.12. The molecule has 0 aliphatic heterocycles. The second kappa shape index (κ2) is 6.99. The third-order valence-electron chi connectivity index (χ3n) is 2.95. The zero-order valence-electron chi connectivity index (χ0n) is 12.0. The summed E-state index contributed by atoms with van der Waals surface area (Å²) in [6.07, 6.45) is 6.72. The number of halogens is 1. The van der Waals surface area contributed by atoms with Gasteiger partial charge in [0.05, 0.1) is 18.4 Å². The minimum Gasteiger partial charge on any atom is -0.336 e. The van der Waals surface area contributed by atoms with E-state index in [1.165, 1.54) is 0 Å². The van der Waals surface area contributed by atoms with E-state index in [4.69, 9.17) is 11.6 Å². The Hall–Kier alpha value is -2.20. The lowest BCUT2D eigenvalue weighted by molar-refractivity contribution is -0.126. The fraction of sp³-hybridized carbons (Fsp3) is 0.188. The summed E-state index contributed by atoms with van der Waals surface area (Å²) in [5.41, 5.74) is 2.36. The predicted molar refractivity (Wildman–Crippen MR) is 83.6 cm³/mol. The summed E-state index contributed by atoms with van der Waals surface area (Å²) in [6.45, 7) is 2.22. The normalized spacial score (nSPS) is 11.3. The van der Waals surface area contributed by atoms with Gasteiger partial charge in [-0.15, -0.1) is 0 Å². The molecule has 1 aromatic heterocycles. The third-order valence-corrected chi connectivity index (χ3v) is 3.21. The molecule has 0 aliphatic rings. The number of carbonyl (C=O) groups is 1. The van der Waals surface area contributed by atoms with E-state index < -0.39 is 0 Å². The van der Waals surface area contributed by atoms with Crippen LogP contribution in [0, 0.1) is 0 Å². The summed E-state index contributed by atoms with van der Waals surface area (Å²) in [4.78, 5) is 22.1. The second-order valence-electron chi connectivity index (χ2n) is 4.74. The molecule has 1 aromatic carbocycles. The van der Waals surface area contributed by atoms with Crippen LogP contribution in [0.4, 0.5) is 0 Å². The van der Waals surface area contributed by atoms with Crippen molar-refractivity contribution in [2.75, 3.05) is 7.05 Å². The fourth-order valence-corrected chi connectivity index (χ4v) is 2.02. The molecule has 2 rings (SSSR count). The van der Waals surface area contributed by atoms with Gasteiger partial charge in [-0.3, -0.25) is 14.8 Å². The third kappa shape index (κ3) is 4.39. The molecule has 1 amide bonds. The van der Waals surface area contributed by atoms with Gasteiger partial charge in [-0.05, 0) is 30.7 Å². The number of likely N-dealkylation sites (N-methyl/N-ethyl adjacent to an activating group) is 1. The van der Waals surface area contributed by atoms with E-state index in [-0.39, 0.29) is 5.91 Å². The summed E-state index contributed by atoms with van der Waals surface area (Å²) in [5.74, 6) is -0.0457. The first-order valence-corrected chi connectivity index (χ1v) is 6.88. The van der Waals surface area contributed by atoms with Gasteiger partial charge < -0.3 is 4.90 Å². The van der Waals surface area contributed by atoms with Gasteiger partial charge in [0.1, 0.15) is 0 Å². The molecule has 0 N–H and O–H groups in total. The van der Waals surface area contributed by atoms with Crippen molar-refractivity contribution in [2.24, 2.45) is 0 Å². The minimum atomic E-state index is -0.0457. The van der Waals surface area contributed by atoms with E-state index in [2.05, 4.69) is 9.97 Å². The summed E-state index contributed by atoms with van der Waals surface area (Å²) >= 11 is 5.84. The Morgan fingerprint density at radius 1 is 1.29 bits per heavy atom. The molecular weight excluding hydrogens is 286 g/mol. The fourth-order valence-electron chi connectivity index (χ4n) is 1.90. The maximum atomic E-state index is 12.3. The first kappa shape index (κ1) is 15.2. The smallest absolute Gasteiger partial charge is 0.249 e. The zero-order chi connectivity index (χ0) is 15.2. The van der Waals surface area contributed by atoms with Gasteiger partial charge >= 0.3 is 0 Å². The van der Waals surface area contributed by atoms with Gasteiger partial charge in [0.25, 0.3) is 0 Å². The van der Waals surface area contributed by atoms with Crippen molar-refractivity contribution >= 4 is 23.6 Å². The number of hydrogen-bond acceptors (Lipinski definition) is 3. The standard InChI is InChI=1S/C16H16ClN3O/c1-12(9-13-3-5-14(17)6-4-13)16(21)20(2)11-15-10-18-7-8-19-15/h3-10H,11H2,1-2H3. The lowest BCUT2D eigenvalue weighted by atomic mass is 10.1. The van der Waals surface area contributed by atoms with Crippen LogP contribution in [-0.4, -0.2) is 27.8 Å². The summed E-state index contributed by atoms with van der Waals surface area (Å²) in [5, 5.41) is 0.677. The van der Waals surface area contributed by atoms with Crippen molar-refractivity contribution < 1.29 is 4.79 Å². The van der Waals surface area contributed by atoms with Crippen LogP contribution in [0.5, 0.6) is 0 Å². The molecule has 0 saturated heterocycles. The van der Waals surface area contributed by atoms with Gasteiger partial charge in [0, 0.05) is 30.0 Å². The Morgan fingerprint density at radius 2 is 2.00 bits per heavy atom. The Morgan fingerprint density at radius 3 is 2.62 bits per heavy atom. The van der Waals surface area contributed by atoms with E-state index in [0.29, 0.717) is 17.1 Å². The molecule has 5 heteroatoms. The molecule has 2 aromatic rings. The number of carbonyl (C=O) groups excluding carboxylic acids is 1. The van der Waals surface area contributed by atoms with Gasteiger partial charge in [-0.25, -0.2) is 0 Å². The Bertz CT molecular complexity index is 638. The van der Waals surface area contributed by atoms with E-state index in [1.807, 2.05) is 18.2 Å². The van der Waals surface area contributed by atoms with E-state index in [9.17, 15) is 4.79 Å². The van der Waals surface area contributed by atoms with Crippen LogP contribution in [0.1, 0.15) is 18.2 Å². The monoisotopic (exact) mass is 301 g/mol. The number of amides is 1. The van der Waals surface area contributed by atoms with E-state index >= 15 is 0 Å². The Kier molecular flexibility index (Phi) is 5.06. The van der Waals surface area contributed by atoms with E-state index in [0.717, 1.165) is 11.3 Å². The van der Waals surface area contributed by atoms with Gasteiger partial charge in [-0.2, -0.15) is 0 Å². The molecule has 1 heterocycles. The second-order valence-corrected chi connectivity index (χ2v) is 5.17. The van der Waals surface area contributed by atoms with Crippen LogP contribution in [0.2, 0.25) is 5.02 Å². The average molecular weight is 302 g/mol. The number of rotatable bonds is 4.